The molecule has 1 aromatic heterocycles. The van der Waals surface area contributed by atoms with Crippen LogP contribution in [0.25, 0.3) is 0 Å². The van der Waals surface area contributed by atoms with Gasteiger partial charge in [-0.1, -0.05) is 20.8 Å². The van der Waals surface area contributed by atoms with Crippen LogP contribution in [0.3, 0.4) is 0 Å². The van der Waals surface area contributed by atoms with Crippen molar-refractivity contribution in [2.45, 2.75) is 46.1 Å². The minimum Gasteiger partial charge on any atom is -0.311 e. The van der Waals surface area contributed by atoms with Crippen LogP contribution in [0.4, 0.5) is 0 Å². The molecule has 0 saturated heterocycles. The minimum atomic E-state index is 0.274. The zero-order valence-electron chi connectivity index (χ0n) is 10.7. The molecule has 88 valence electrons. The molecule has 0 spiro atoms. The van der Waals surface area contributed by atoms with Gasteiger partial charge < -0.3 is 5.32 Å². The Kier molecular flexibility index (Phi) is 5.05. The Morgan fingerprint density at radius 1 is 1.31 bits per heavy atom. The summed E-state index contributed by atoms with van der Waals surface area (Å²) in [6.45, 7) is 10.6. The van der Waals surface area contributed by atoms with Gasteiger partial charge in [0.25, 0.3) is 0 Å². The summed E-state index contributed by atoms with van der Waals surface area (Å²) in [6, 6.07) is 4.47. The van der Waals surface area contributed by atoms with E-state index in [9.17, 15) is 0 Å². The van der Waals surface area contributed by atoms with Crippen molar-refractivity contribution in [1.82, 2.24) is 5.32 Å². The summed E-state index contributed by atoms with van der Waals surface area (Å²) in [6.07, 6.45) is 0.938. The summed E-state index contributed by atoms with van der Waals surface area (Å²) in [4.78, 5) is 2.87. The summed E-state index contributed by atoms with van der Waals surface area (Å²) < 4.78 is 0. The molecule has 0 saturated carbocycles. The van der Waals surface area contributed by atoms with Crippen LogP contribution in [-0.4, -0.2) is 6.54 Å². The second-order valence-corrected chi connectivity index (χ2v) is 6.04. The highest BCUT2D eigenvalue weighted by Gasteiger charge is 2.15. The number of rotatable bonds is 4. The first kappa shape index (κ1) is 13.3. The molecule has 0 aliphatic rings. The lowest BCUT2D eigenvalue weighted by atomic mass is 9.95. The first-order valence-corrected chi connectivity index (χ1v) is 6.55. The molecule has 0 amide bonds. The highest BCUT2D eigenvalue weighted by molar-refractivity contribution is 7.12. The van der Waals surface area contributed by atoms with Gasteiger partial charge in [-0.15, -0.1) is 23.2 Å². The molecule has 0 aliphatic heterocycles. The third-order valence-corrected chi connectivity index (χ3v) is 3.81. The maximum atomic E-state index is 3.41. The standard InChI is InChI=1S/C14H21NS/c1-5-6-7-10-15-11-12-8-9-13(16-12)14(2,3)4/h8-9,15H,7,10-11H2,1-4H3. The molecule has 2 heteroatoms. The Balaban J connectivity index is 2.37. The number of hydrogen-bond donors (Lipinski definition) is 1. The first-order valence-electron chi connectivity index (χ1n) is 5.73. The lowest BCUT2D eigenvalue weighted by molar-refractivity contribution is 0.604. The molecule has 0 aromatic carbocycles. The molecule has 1 rings (SSSR count). The van der Waals surface area contributed by atoms with Crippen molar-refractivity contribution < 1.29 is 0 Å². The van der Waals surface area contributed by atoms with Crippen molar-refractivity contribution in [3.63, 3.8) is 0 Å². The quantitative estimate of drug-likeness (QED) is 0.621. The molecule has 0 fully saturated rings. The van der Waals surface area contributed by atoms with Crippen molar-refractivity contribution in [2.24, 2.45) is 0 Å². The molecule has 1 heterocycles. The smallest absolute Gasteiger partial charge is 0.0300 e. The van der Waals surface area contributed by atoms with Gasteiger partial charge in [-0.2, -0.15) is 0 Å². The van der Waals surface area contributed by atoms with Crippen LogP contribution in [0, 0.1) is 11.8 Å². The second kappa shape index (κ2) is 6.08. The van der Waals surface area contributed by atoms with E-state index >= 15 is 0 Å². The van der Waals surface area contributed by atoms with Gasteiger partial charge in [-0.25, -0.2) is 0 Å². The van der Waals surface area contributed by atoms with Crippen LogP contribution in [0.5, 0.6) is 0 Å². The fourth-order valence-electron chi connectivity index (χ4n) is 1.36. The average Bonchev–Trinajstić information content (AvgIpc) is 2.65. The lowest BCUT2D eigenvalue weighted by Crippen LogP contribution is -2.13. The SMILES string of the molecule is CC#CCCNCc1ccc(C(C)(C)C)s1. The van der Waals surface area contributed by atoms with E-state index < -0.39 is 0 Å². The summed E-state index contributed by atoms with van der Waals surface area (Å²) in [5.74, 6) is 5.96. The fourth-order valence-corrected chi connectivity index (χ4v) is 2.40. The summed E-state index contributed by atoms with van der Waals surface area (Å²) in [5, 5.41) is 3.41. The Hall–Kier alpha value is -0.780. The van der Waals surface area contributed by atoms with E-state index in [2.05, 4.69) is 50.1 Å². The summed E-state index contributed by atoms with van der Waals surface area (Å²) in [5.41, 5.74) is 0.274. The number of thiophene rings is 1. The van der Waals surface area contributed by atoms with Crippen molar-refractivity contribution in [1.29, 1.82) is 0 Å². The van der Waals surface area contributed by atoms with Crippen molar-refractivity contribution >= 4 is 11.3 Å². The molecule has 1 nitrogen and oxygen atoms in total. The van der Waals surface area contributed by atoms with E-state index in [-0.39, 0.29) is 5.41 Å². The molecular weight excluding hydrogens is 214 g/mol. The van der Waals surface area contributed by atoms with E-state index in [0.717, 1.165) is 19.5 Å². The Morgan fingerprint density at radius 2 is 2.06 bits per heavy atom. The van der Waals surface area contributed by atoms with Gasteiger partial charge in [0.15, 0.2) is 0 Å². The molecule has 0 unspecified atom stereocenters. The normalized spacial score (nSPS) is 11.0. The number of hydrogen-bond acceptors (Lipinski definition) is 2. The van der Waals surface area contributed by atoms with Gasteiger partial charge in [0.1, 0.15) is 0 Å². The van der Waals surface area contributed by atoms with Gasteiger partial charge >= 0.3 is 0 Å². The fraction of sp³-hybridized carbons (Fsp3) is 0.571. The van der Waals surface area contributed by atoms with Crippen molar-refractivity contribution in [2.75, 3.05) is 6.54 Å². The molecule has 0 bridgehead atoms. The monoisotopic (exact) mass is 235 g/mol. The lowest BCUT2D eigenvalue weighted by Gasteiger charge is -2.15. The third kappa shape index (κ3) is 4.38. The zero-order chi connectivity index (χ0) is 12.0. The molecule has 16 heavy (non-hydrogen) atoms. The summed E-state index contributed by atoms with van der Waals surface area (Å²) >= 11 is 1.91. The van der Waals surface area contributed by atoms with Crippen LogP contribution in [0.1, 0.15) is 43.9 Å². The Bertz CT molecular complexity index is 373. The maximum absolute atomic E-state index is 3.41. The van der Waals surface area contributed by atoms with Crippen molar-refractivity contribution in [3.05, 3.63) is 21.9 Å². The van der Waals surface area contributed by atoms with E-state index in [4.69, 9.17) is 0 Å². The van der Waals surface area contributed by atoms with Gasteiger partial charge in [0, 0.05) is 29.3 Å². The molecule has 0 atom stereocenters. The van der Waals surface area contributed by atoms with E-state index in [0.29, 0.717) is 0 Å². The van der Waals surface area contributed by atoms with Crippen LogP contribution in [0.2, 0.25) is 0 Å². The predicted octanol–water partition coefficient (Wildman–Crippen LogP) is 3.55. The van der Waals surface area contributed by atoms with Gasteiger partial charge in [0.05, 0.1) is 0 Å². The largest absolute Gasteiger partial charge is 0.311 e. The van der Waals surface area contributed by atoms with E-state index in [1.165, 1.54) is 9.75 Å². The minimum absolute atomic E-state index is 0.274. The predicted molar refractivity (Wildman–Crippen MR) is 72.8 cm³/mol. The zero-order valence-corrected chi connectivity index (χ0v) is 11.5. The molecule has 0 radical (unpaired) electrons. The Morgan fingerprint density at radius 3 is 2.62 bits per heavy atom. The Labute approximate surface area is 103 Å². The summed E-state index contributed by atoms with van der Waals surface area (Å²) in [7, 11) is 0. The molecule has 1 aromatic rings. The first-order chi connectivity index (χ1) is 7.54. The highest BCUT2D eigenvalue weighted by atomic mass is 32.1. The van der Waals surface area contributed by atoms with Crippen LogP contribution in [0.15, 0.2) is 12.1 Å². The van der Waals surface area contributed by atoms with Crippen LogP contribution >= 0.6 is 11.3 Å². The van der Waals surface area contributed by atoms with Crippen LogP contribution in [-0.2, 0) is 12.0 Å². The molecule has 0 aliphatic carbocycles. The highest BCUT2D eigenvalue weighted by Crippen LogP contribution is 2.29. The van der Waals surface area contributed by atoms with Gasteiger partial charge in [-0.05, 0) is 24.5 Å². The van der Waals surface area contributed by atoms with E-state index in [1.54, 1.807) is 0 Å². The topological polar surface area (TPSA) is 12.0 Å². The maximum Gasteiger partial charge on any atom is 0.0300 e. The number of nitrogens with one attached hydrogen (secondary N) is 1. The average molecular weight is 235 g/mol. The van der Waals surface area contributed by atoms with Crippen LogP contribution < -0.4 is 5.32 Å². The van der Waals surface area contributed by atoms with Gasteiger partial charge in [0.2, 0.25) is 0 Å². The molecule has 1 N–H and O–H groups in total. The third-order valence-electron chi connectivity index (χ3n) is 2.30. The van der Waals surface area contributed by atoms with Crippen molar-refractivity contribution in [3.8, 4) is 11.8 Å². The second-order valence-electron chi connectivity index (χ2n) is 4.87. The molecular formula is C14H21NS. The van der Waals surface area contributed by atoms with E-state index in [1.807, 2.05) is 18.3 Å². The van der Waals surface area contributed by atoms with Gasteiger partial charge in [-0.3, -0.25) is 0 Å².